The SMILES string of the molecule is O=C(CN(Cc1ccccc1)S(=O)(=O)c1ccc(F)cc1)NCc1cccc2ccccc12. The summed E-state index contributed by atoms with van der Waals surface area (Å²) in [5.74, 6) is -0.957. The third kappa shape index (κ3) is 5.45. The average Bonchev–Trinajstić information content (AvgIpc) is 2.83. The van der Waals surface area contributed by atoms with Crippen LogP contribution >= 0.6 is 0 Å². The lowest BCUT2D eigenvalue weighted by atomic mass is 10.0. The molecule has 1 N–H and O–H groups in total. The molecule has 0 saturated heterocycles. The van der Waals surface area contributed by atoms with Crippen molar-refractivity contribution in [2.24, 2.45) is 0 Å². The van der Waals surface area contributed by atoms with Crippen molar-refractivity contribution in [1.82, 2.24) is 9.62 Å². The van der Waals surface area contributed by atoms with Crippen LogP contribution in [0.1, 0.15) is 11.1 Å². The van der Waals surface area contributed by atoms with E-state index in [-0.39, 0.29) is 24.5 Å². The molecular weight excluding hydrogens is 439 g/mol. The van der Waals surface area contributed by atoms with Gasteiger partial charge in [-0.25, -0.2) is 12.8 Å². The Morgan fingerprint density at radius 1 is 0.818 bits per heavy atom. The van der Waals surface area contributed by atoms with Crippen LogP contribution in [0.4, 0.5) is 4.39 Å². The summed E-state index contributed by atoms with van der Waals surface area (Å²) in [6, 6.07) is 27.3. The molecule has 1 amide bonds. The van der Waals surface area contributed by atoms with Crippen molar-refractivity contribution in [2.45, 2.75) is 18.0 Å². The van der Waals surface area contributed by atoms with E-state index < -0.39 is 21.7 Å². The number of rotatable bonds is 8. The zero-order valence-electron chi connectivity index (χ0n) is 17.8. The topological polar surface area (TPSA) is 66.5 Å². The lowest BCUT2D eigenvalue weighted by Gasteiger charge is -2.22. The van der Waals surface area contributed by atoms with Crippen LogP contribution in [0, 0.1) is 5.82 Å². The summed E-state index contributed by atoms with van der Waals surface area (Å²) >= 11 is 0. The Morgan fingerprint density at radius 3 is 2.24 bits per heavy atom. The van der Waals surface area contributed by atoms with E-state index in [2.05, 4.69) is 5.32 Å². The fourth-order valence-corrected chi connectivity index (χ4v) is 5.01. The van der Waals surface area contributed by atoms with Gasteiger partial charge in [0.15, 0.2) is 0 Å². The molecule has 0 aliphatic heterocycles. The van der Waals surface area contributed by atoms with E-state index in [1.165, 1.54) is 12.1 Å². The van der Waals surface area contributed by atoms with Crippen LogP contribution in [0.15, 0.2) is 102 Å². The molecule has 4 aromatic carbocycles. The lowest BCUT2D eigenvalue weighted by molar-refractivity contribution is -0.121. The number of nitrogens with zero attached hydrogens (tertiary/aromatic N) is 1. The van der Waals surface area contributed by atoms with Gasteiger partial charge in [-0.15, -0.1) is 0 Å². The van der Waals surface area contributed by atoms with Gasteiger partial charge in [0.25, 0.3) is 0 Å². The fourth-order valence-electron chi connectivity index (χ4n) is 3.63. The molecule has 0 aliphatic rings. The molecule has 4 rings (SSSR count). The predicted molar refractivity (Wildman–Crippen MR) is 126 cm³/mol. The smallest absolute Gasteiger partial charge is 0.243 e. The maximum Gasteiger partial charge on any atom is 0.243 e. The summed E-state index contributed by atoms with van der Waals surface area (Å²) < 4.78 is 41.0. The second-order valence-corrected chi connectivity index (χ2v) is 9.57. The Morgan fingerprint density at radius 2 is 1.48 bits per heavy atom. The molecule has 0 bridgehead atoms. The maximum atomic E-state index is 13.3. The van der Waals surface area contributed by atoms with Crippen molar-refractivity contribution in [1.29, 1.82) is 0 Å². The van der Waals surface area contributed by atoms with Gasteiger partial charge in [0.1, 0.15) is 5.82 Å². The fraction of sp³-hybridized carbons (Fsp3) is 0.115. The number of sulfonamides is 1. The highest BCUT2D eigenvalue weighted by molar-refractivity contribution is 7.89. The molecule has 0 heterocycles. The first-order valence-electron chi connectivity index (χ1n) is 10.5. The number of carbonyl (C=O) groups excluding carboxylic acids is 1. The first-order valence-corrected chi connectivity index (χ1v) is 11.9. The van der Waals surface area contributed by atoms with Crippen molar-refractivity contribution in [2.75, 3.05) is 6.54 Å². The number of nitrogens with one attached hydrogen (secondary N) is 1. The molecule has 0 radical (unpaired) electrons. The molecule has 5 nitrogen and oxygen atoms in total. The van der Waals surface area contributed by atoms with Gasteiger partial charge in [-0.05, 0) is 46.2 Å². The van der Waals surface area contributed by atoms with Crippen LogP contribution < -0.4 is 5.32 Å². The van der Waals surface area contributed by atoms with Crippen LogP contribution in [-0.4, -0.2) is 25.2 Å². The number of halogens is 1. The third-order valence-corrected chi connectivity index (χ3v) is 7.13. The van der Waals surface area contributed by atoms with Crippen LogP contribution in [0.2, 0.25) is 0 Å². The molecule has 0 unspecified atom stereocenters. The zero-order valence-corrected chi connectivity index (χ0v) is 18.6. The summed E-state index contributed by atoms with van der Waals surface area (Å²) in [4.78, 5) is 12.7. The van der Waals surface area contributed by atoms with Crippen LogP contribution in [-0.2, 0) is 27.9 Å². The normalized spacial score (nSPS) is 11.6. The third-order valence-electron chi connectivity index (χ3n) is 5.33. The summed E-state index contributed by atoms with van der Waals surface area (Å²) in [6.45, 7) is -0.0719. The first-order chi connectivity index (χ1) is 15.9. The van der Waals surface area contributed by atoms with E-state index in [1.807, 2.05) is 48.5 Å². The zero-order chi connectivity index (χ0) is 23.3. The van der Waals surface area contributed by atoms with Gasteiger partial charge in [0, 0.05) is 13.1 Å². The molecule has 0 spiro atoms. The molecule has 0 saturated carbocycles. The Hall–Kier alpha value is -3.55. The second kappa shape index (κ2) is 9.94. The highest BCUT2D eigenvalue weighted by Crippen LogP contribution is 2.20. The Kier molecular flexibility index (Phi) is 6.82. The van der Waals surface area contributed by atoms with E-state index in [0.29, 0.717) is 0 Å². The maximum absolute atomic E-state index is 13.3. The Bertz CT molecular complexity index is 1350. The molecule has 33 heavy (non-hydrogen) atoms. The van der Waals surface area contributed by atoms with Gasteiger partial charge in [-0.3, -0.25) is 4.79 Å². The van der Waals surface area contributed by atoms with E-state index in [0.717, 1.165) is 38.3 Å². The van der Waals surface area contributed by atoms with Gasteiger partial charge in [0.2, 0.25) is 15.9 Å². The van der Waals surface area contributed by atoms with Crippen LogP contribution in [0.3, 0.4) is 0 Å². The van der Waals surface area contributed by atoms with E-state index >= 15 is 0 Å². The van der Waals surface area contributed by atoms with Gasteiger partial charge in [-0.2, -0.15) is 4.31 Å². The molecule has 7 heteroatoms. The highest BCUT2D eigenvalue weighted by Gasteiger charge is 2.27. The molecule has 0 aromatic heterocycles. The Labute approximate surface area is 192 Å². The number of amides is 1. The molecule has 0 aliphatic carbocycles. The summed E-state index contributed by atoms with van der Waals surface area (Å²) in [7, 11) is -4.02. The van der Waals surface area contributed by atoms with Crippen molar-refractivity contribution in [3.05, 3.63) is 114 Å². The van der Waals surface area contributed by atoms with Crippen molar-refractivity contribution < 1.29 is 17.6 Å². The summed E-state index contributed by atoms with van der Waals surface area (Å²) in [6.07, 6.45) is 0. The van der Waals surface area contributed by atoms with E-state index in [9.17, 15) is 17.6 Å². The molecular formula is C26H23FN2O3S. The van der Waals surface area contributed by atoms with Gasteiger partial charge >= 0.3 is 0 Å². The van der Waals surface area contributed by atoms with E-state index in [1.54, 1.807) is 24.3 Å². The highest BCUT2D eigenvalue weighted by atomic mass is 32.2. The Balaban J connectivity index is 1.54. The number of hydrogen-bond acceptors (Lipinski definition) is 3. The minimum atomic E-state index is -4.02. The van der Waals surface area contributed by atoms with Crippen molar-refractivity contribution >= 4 is 26.7 Å². The summed E-state index contributed by atoms with van der Waals surface area (Å²) in [5.41, 5.74) is 1.68. The van der Waals surface area contributed by atoms with Crippen molar-refractivity contribution in [3.63, 3.8) is 0 Å². The lowest BCUT2D eigenvalue weighted by Crippen LogP contribution is -2.40. The van der Waals surface area contributed by atoms with Crippen molar-refractivity contribution in [3.8, 4) is 0 Å². The monoisotopic (exact) mass is 462 g/mol. The second-order valence-electron chi connectivity index (χ2n) is 7.63. The molecule has 0 fully saturated rings. The van der Waals surface area contributed by atoms with Crippen LogP contribution in [0.25, 0.3) is 10.8 Å². The number of fused-ring (bicyclic) bond motifs is 1. The molecule has 4 aromatic rings. The molecule has 0 atom stereocenters. The van der Waals surface area contributed by atoms with Crippen LogP contribution in [0.5, 0.6) is 0 Å². The first kappa shape index (κ1) is 22.6. The number of carbonyl (C=O) groups is 1. The largest absolute Gasteiger partial charge is 0.351 e. The number of hydrogen-bond donors (Lipinski definition) is 1. The standard InChI is InChI=1S/C26H23FN2O3S/c27-23-13-15-24(16-14-23)33(31,32)29(18-20-7-2-1-3-8-20)19-26(30)28-17-22-11-6-10-21-9-4-5-12-25(21)22/h1-16H,17-19H2,(H,28,30). The minimum absolute atomic E-state index is 0.0161. The predicted octanol–water partition coefficient (Wildman–Crippen LogP) is 4.49. The minimum Gasteiger partial charge on any atom is -0.351 e. The average molecular weight is 463 g/mol. The quantitative estimate of drug-likeness (QED) is 0.420. The number of benzene rings is 4. The molecule has 168 valence electrons. The summed E-state index contributed by atoms with van der Waals surface area (Å²) in [5, 5.41) is 4.93. The van der Waals surface area contributed by atoms with Gasteiger partial charge in [-0.1, -0.05) is 72.8 Å². The van der Waals surface area contributed by atoms with Gasteiger partial charge < -0.3 is 5.32 Å². The van der Waals surface area contributed by atoms with Gasteiger partial charge in [0.05, 0.1) is 11.4 Å². The van der Waals surface area contributed by atoms with E-state index in [4.69, 9.17) is 0 Å².